The van der Waals surface area contributed by atoms with Crippen molar-refractivity contribution in [1.82, 2.24) is 4.98 Å². The molecule has 1 aromatic heterocycles. The van der Waals surface area contributed by atoms with Gasteiger partial charge in [-0.1, -0.05) is 11.6 Å². The number of rotatable bonds is 2. The number of cyclic esters (lactones) is 1. The van der Waals surface area contributed by atoms with Gasteiger partial charge in [0.05, 0.1) is 6.61 Å². The lowest BCUT2D eigenvalue weighted by atomic mass is 10.0. The number of aromatic nitrogens is 1. The van der Waals surface area contributed by atoms with Gasteiger partial charge in [0, 0.05) is 22.8 Å². The maximum Gasteiger partial charge on any atom is 0.342 e. The highest BCUT2D eigenvalue weighted by atomic mass is 35.5. The van der Waals surface area contributed by atoms with E-state index < -0.39 is 0 Å². The summed E-state index contributed by atoms with van der Waals surface area (Å²) in [7, 11) is 0. The first-order valence-electron chi connectivity index (χ1n) is 6.34. The maximum atomic E-state index is 11.9. The van der Waals surface area contributed by atoms with Crippen molar-refractivity contribution in [3.05, 3.63) is 52.2 Å². The Bertz CT molecular complexity index is 668. The summed E-state index contributed by atoms with van der Waals surface area (Å²) in [6, 6.07) is 9.18. The van der Waals surface area contributed by atoms with Crippen LogP contribution >= 0.6 is 11.6 Å². The number of benzene rings is 1. The predicted molar refractivity (Wildman–Crippen MR) is 77.7 cm³/mol. The summed E-state index contributed by atoms with van der Waals surface area (Å²) in [6.07, 6.45) is 0.722. The van der Waals surface area contributed by atoms with Crippen LogP contribution in [0.15, 0.2) is 30.3 Å². The van der Waals surface area contributed by atoms with E-state index in [-0.39, 0.29) is 5.97 Å². The summed E-state index contributed by atoms with van der Waals surface area (Å²) in [6.45, 7) is 2.34. The Kier molecular flexibility index (Phi) is 3.32. The smallest absolute Gasteiger partial charge is 0.342 e. The molecule has 0 saturated carbocycles. The molecule has 0 saturated heterocycles. The lowest BCUT2D eigenvalue weighted by Gasteiger charge is -2.19. The first-order valence-corrected chi connectivity index (χ1v) is 6.71. The number of nitrogens with zero attached hydrogens (tertiary/aromatic N) is 1. The Balaban J connectivity index is 2.02. The number of fused-ring (bicyclic) bond motifs is 1. The van der Waals surface area contributed by atoms with Gasteiger partial charge in [-0.3, -0.25) is 0 Å². The van der Waals surface area contributed by atoms with Crippen LogP contribution in [0.4, 0.5) is 11.5 Å². The first-order chi connectivity index (χ1) is 9.63. The zero-order chi connectivity index (χ0) is 14.1. The van der Waals surface area contributed by atoms with Gasteiger partial charge in [-0.05, 0) is 42.8 Å². The number of halogens is 1. The van der Waals surface area contributed by atoms with E-state index in [1.807, 2.05) is 25.1 Å². The maximum absolute atomic E-state index is 11.9. The van der Waals surface area contributed by atoms with Crippen molar-refractivity contribution >= 4 is 29.1 Å². The molecule has 0 fully saturated rings. The zero-order valence-electron chi connectivity index (χ0n) is 10.9. The van der Waals surface area contributed by atoms with Crippen LogP contribution in [0.3, 0.4) is 0 Å². The van der Waals surface area contributed by atoms with Crippen LogP contribution in [-0.2, 0) is 11.2 Å². The molecule has 1 aliphatic heterocycles. The molecule has 20 heavy (non-hydrogen) atoms. The number of hydrogen-bond acceptors (Lipinski definition) is 4. The van der Waals surface area contributed by atoms with Gasteiger partial charge in [-0.25, -0.2) is 9.78 Å². The van der Waals surface area contributed by atoms with Gasteiger partial charge >= 0.3 is 5.97 Å². The van der Waals surface area contributed by atoms with Crippen molar-refractivity contribution in [2.24, 2.45) is 0 Å². The van der Waals surface area contributed by atoms with E-state index in [0.29, 0.717) is 23.0 Å². The van der Waals surface area contributed by atoms with E-state index in [9.17, 15) is 4.79 Å². The summed E-state index contributed by atoms with van der Waals surface area (Å²) in [5.41, 5.74) is 3.20. The average molecular weight is 289 g/mol. The summed E-state index contributed by atoms with van der Waals surface area (Å²) in [5, 5.41) is 3.82. The molecule has 102 valence electrons. The highest BCUT2D eigenvalue weighted by Crippen LogP contribution is 2.27. The van der Waals surface area contributed by atoms with E-state index in [1.165, 1.54) is 0 Å². The molecular formula is C15H13ClN2O2. The van der Waals surface area contributed by atoms with Gasteiger partial charge in [0.2, 0.25) is 0 Å². The van der Waals surface area contributed by atoms with E-state index >= 15 is 0 Å². The standard InChI is InChI=1S/C15H13ClN2O2/c1-9-8-10-6-7-20-15(19)13(10)14(17-9)18-12-4-2-11(16)3-5-12/h2-5,8H,6-7H2,1H3,(H,17,18). The molecule has 1 N–H and O–H groups in total. The number of carbonyl (C=O) groups excluding carboxylic acids is 1. The Morgan fingerprint density at radius 3 is 2.80 bits per heavy atom. The zero-order valence-corrected chi connectivity index (χ0v) is 11.7. The molecule has 0 amide bonds. The van der Waals surface area contributed by atoms with Crippen LogP contribution in [0.2, 0.25) is 5.02 Å². The molecule has 2 aromatic rings. The minimum atomic E-state index is -0.324. The summed E-state index contributed by atoms with van der Waals surface area (Å²) in [5.74, 6) is 0.210. The Morgan fingerprint density at radius 2 is 2.05 bits per heavy atom. The highest BCUT2D eigenvalue weighted by molar-refractivity contribution is 6.30. The minimum absolute atomic E-state index is 0.324. The summed E-state index contributed by atoms with van der Waals surface area (Å²) < 4.78 is 5.10. The summed E-state index contributed by atoms with van der Waals surface area (Å²) in [4.78, 5) is 16.3. The quantitative estimate of drug-likeness (QED) is 0.859. The number of anilines is 2. The van der Waals surface area contributed by atoms with Crippen molar-refractivity contribution in [1.29, 1.82) is 0 Å². The Labute approximate surface area is 121 Å². The number of carbonyl (C=O) groups is 1. The first kappa shape index (κ1) is 12.9. The van der Waals surface area contributed by atoms with Crippen LogP contribution in [0, 0.1) is 6.92 Å². The Morgan fingerprint density at radius 1 is 1.30 bits per heavy atom. The molecule has 0 radical (unpaired) electrons. The van der Waals surface area contributed by atoms with Crippen LogP contribution in [0.25, 0.3) is 0 Å². The largest absolute Gasteiger partial charge is 0.462 e. The molecule has 0 aliphatic carbocycles. The average Bonchev–Trinajstić information content (AvgIpc) is 2.41. The van der Waals surface area contributed by atoms with E-state index in [4.69, 9.17) is 16.3 Å². The fraction of sp³-hybridized carbons (Fsp3) is 0.200. The number of nitrogens with one attached hydrogen (secondary N) is 1. The molecule has 5 heteroatoms. The molecule has 0 spiro atoms. The molecular weight excluding hydrogens is 276 g/mol. The fourth-order valence-electron chi connectivity index (χ4n) is 2.25. The molecule has 4 nitrogen and oxygen atoms in total. The second-order valence-corrected chi connectivity index (χ2v) is 5.10. The normalized spacial score (nSPS) is 13.6. The van der Waals surface area contributed by atoms with Crippen LogP contribution in [0.1, 0.15) is 21.6 Å². The van der Waals surface area contributed by atoms with Crippen molar-refractivity contribution in [2.45, 2.75) is 13.3 Å². The van der Waals surface area contributed by atoms with Gasteiger partial charge in [-0.15, -0.1) is 0 Å². The van der Waals surface area contributed by atoms with E-state index in [2.05, 4.69) is 10.3 Å². The molecule has 1 aromatic carbocycles. The number of hydrogen-bond donors (Lipinski definition) is 1. The number of aryl methyl sites for hydroxylation is 1. The van der Waals surface area contributed by atoms with Gasteiger partial charge in [0.1, 0.15) is 11.4 Å². The molecule has 0 unspecified atom stereocenters. The van der Waals surface area contributed by atoms with Gasteiger partial charge in [0.15, 0.2) is 0 Å². The molecule has 3 rings (SSSR count). The van der Waals surface area contributed by atoms with Crippen LogP contribution < -0.4 is 5.32 Å². The third-order valence-corrected chi connectivity index (χ3v) is 3.40. The van der Waals surface area contributed by atoms with Crippen molar-refractivity contribution in [2.75, 3.05) is 11.9 Å². The lowest BCUT2D eigenvalue weighted by molar-refractivity contribution is 0.0481. The van der Waals surface area contributed by atoms with E-state index in [1.54, 1.807) is 12.1 Å². The van der Waals surface area contributed by atoms with Crippen molar-refractivity contribution in [3.8, 4) is 0 Å². The predicted octanol–water partition coefficient (Wildman–Crippen LogP) is 3.50. The lowest BCUT2D eigenvalue weighted by Crippen LogP contribution is -2.20. The monoisotopic (exact) mass is 288 g/mol. The number of ether oxygens (including phenoxy) is 1. The molecule has 0 bridgehead atoms. The molecule has 1 aliphatic rings. The van der Waals surface area contributed by atoms with Crippen molar-refractivity contribution in [3.63, 3.8) is 0 Å². The number of esters is 1. The van der Waals surface area contributed by atoms with Gasteiger partial charge in [-0.2, -0.15) is 0 Å². The van der Waals surface area contributed by atoms with Gasteiger partial charge in [0.25, 0.3) is 0 Å². The van der Waals surface area contributed by atoms with Gasteiger partial charge < -0.3 is 10.1 Å². The van der Waals surface area contributed by atoms with Crippen LogP contribution in [-0.4, -0.2) is 17.6 Å². The number of pyridine rings is 1. The SMILES string of the molecule is Cc1cc2c(c(Nc3ccc(Cl)cc3)n1)C(=O)OCC2. The van der Waals surface area contributed by atoms with E-state index in [0.717, 1.165) is 23.4 Å². The third-order valence-electron chi connectivity index (χ3n) is 3.14. The van der Waals surface area contributed by atoms with Crippen molar-refractivity contribution < 1.29 is 9.53 Å². The van der Waals surface area contributed by atoms with Crippen LogP contribution in [0.5, 0.6) is 0 Å². The minimum Gasteiger partial charge on any atom is -0.462 e. The second kappa shape index (κ2) is 5.13. The highest BCUT2D eigenvalue weighted by Gasteiger charge is 2.24. The Hall–Kier alpha value is -2.07. The molecule has 2 heterocycles. The molecule has 0 atom stereocenters. The topological polar surface area (TPSA) is 51.2 Å². The third kappa shape index (κ3) is 2.47. The fourth-order valence-corrected chi connectivity index (χ4v) is 2.38. The summed E-state index contributed by atoms with van der Waals surface area (Å²) >= 11 is 5.86. The second-order valence-electron chi connectivity index (χ2n) is 4.66.